The Labute approximate surface area is 142 Å². The van der Waals surface area contributed by atoms with Gasteiger partial charge in [-0.1, -0.05) is 29.0 Å². The highest BCUT2D eigenvalue weighted by Gasteiger charge is 2.15. The van der Waals surface area contributed by atoms with Gasteiger partial charge in [-0.25, -0.2) is 0 Å². The number of nitro groups is 1. The van der Waals surface area contributed by atoms with Gasteiger partial charge in [0.25, 0.3) is 11.8 Å². The van der Waals surface area contributed by atoms with E-state index in [0.29, 0.717) is 0 Å². The minimum absolute atomic E-state index is 0.0191. The first kappa shape index (κ1) is 17.4. The summed E-state index contributed by atoms with van der Waals surface area (Å²) in [4.78, 5) is 33.7. The van der Waals surface area contributed by atoms with Crippen LogP contribution in [0.4, 0.5) is 10.7 Å². The summed E-state index contributed by atoms with van der Waals surface area (Å²) in [5.41, 5.74) is 7.44. The number of thiophene rings is 1. The van der Waals surface area contributed by atoms with Crippen molar-refractivity contribution in [1.82, 2.24) is 10.9 Å². The first-order chi connectivity index (χ1) is 11.4. The lowest BCUT2D eigenvalue weighted by molar-refractivity contribution is -0.380. The molecular weight excluding hydrogens is 332 g/mol. The van der Waals surface area contributed by atoms with Gasteiger partial charge in [0.2, 0.25) is 0 Å². The number of nitrogens with zero attached hydrogens (tertiary/aromatic N) is 1. The molecule has 24 heavy (non-hydrogen) atoms. The van der Waals surface area contributed by atoms with E-state index in [1.54, 1.807) is 0 Å². The molecule has 0 aliphatic carbocycles. The number of anilines is 1. The number of rotatable bonds is 5. The molecule has 1 aromatic heterocycles. The van der Waals surface area contributed by atoms with E-state index in [1.165, 1.54) is 12.1 Å². The first-order valence-corrected chi connectivity index (χ1v) is 7.83. The standard InChI is InChI=1S/C15H16N4O4S/c1-9-3-4-11(10(2)7-9)16-8-13(20)17-18-15(21)12-5-6-14(24-12)19(22)23/h3-7,16H,8H2,1-2H3,(H,17,20)(H,18,21). The fourth-order valence-corrected chi connectivity index (χ4v) is 2.68. The van der Waals surface area contributed by atoms with Crippen LogP contribution in [0.3, 0.4) is 0 Å². The van der Waals surface area contributed by atoms with Crippen LogP contribution in [-0.2, 0) is 4.79 Å². The lowest BCUT2D eigenvalue weighted by atomic mass is 10.1. The van der Waals surface area contributed by atoms with E-state index in [0.717, 1.165) is 28.2 Å². The van der Waals surface area contributed by atoms with Crippen LogP contribution in [0.25, 0.3) is 0 Å². The van der Waals surface area contributed by atoms with Gasteiger partial charge in [-0.05, 0) is 31.5 Å². The van der Waals surface area contributed by atoms with Crippen molar-refractivity contribution in [3.63, 3.8) is 0 Å². The number of hydrazine groups is 1. The lowest BCUT2D eigenvalue weighted by Crippen LogP contribution is -2.43. The molecule has 2 rings (SSSR count). The topological polar surface area (TPSA) is 113 Å². The molecule has 0 unspecified atom stereocenters. The molecule has 0 radical (unpaired) electrons. The number of aryl methyl sites for hydroxylation is 2. The van der Waals surface area contributed by atoms with E-state index in [-0.39, 0.29) is 16.4 Å². The molecule has 1 aromatic carbocycles. The van der Waals surface area contributed by atoms with Crippen LogP contribution in [0.15, 0.2) is 30.3 Å². The van der Waals surface area contributed by atoms with Gasteiger partial charge in [-0.15, -0.1) is 0 Å². The molecule has 9 heteroatoms. The molecule has 0 saturated heterocycles. The second-order valence-electron chi connectivity index (χ2n) is 5.07. The largest absolute Gasteiger partial charge is 0.376 e. The zero-order valence-corrected chi connectivity index (χ0v) is 13.9. The van der Waals surface area contributed by atoms with E-state index in [9.17, 15) is 19.7 Å². The molecule has 3 N–H and O–H groups in total. The molecule has 2 amide bonds. The lowest BCUT2D eigenvalue weighted by Gasteiger charge is -2.11. The molecule has 0 atom stereocenters. The van der Waals surface area contributed by atoms with Crippen LogP contribution in [0, 0.1) is 24.0 Å². The second kappa shape index (κ2) is 7.55. The summed E-state index contributed by atoms with van der Waals surface area (Å²) in [6.45, 7) is 3.89. The van der Waals surface area contributed by atoms with Gasteiger partial charge in [0.15, 0.2) is 0 Å². The number of carbonyl (C=O) groups is 2. The first-order valence-electron chi connectivity index (χ1n) is 7.01. The van der Waals surface area contributed by atoms with E-state index in [2.05, 4.69) is 16.2 Å². The van der Waals surface area contributed by atoms with Crippen LogP contribution in [0.1, 0.15) is 20.8 Å². The van der Waals surface area contributed by atoms with Gasteiger partial charge >= 0.3 is 5.00 Å². The van der Waals surface area contributed by atoms with E-state index in [4.69, 9.17) is 0 Å². The summed E-state index contributed by atoms with van der Waals surface area (Å²) < 4.78 is 0. The summed E-state index contributed by atoms with van der Waals surface area (Å²) in [5.74, 6) is -1.04. The molecule has 1 heterocycles. The minimum Gasteiger partial charge on any atom is -0.376 e. The van der Waals surface area contributed by atoms with Crippen molar-refractivity contribution < 1.29 is 14.5 Å². The Bertz CT molecular complexity index is 788. The SMILES string of the molecule is Cc1ccc(NCC(=O)NNC(=O)c2ccc([N+](=O)[O-])s2)c(C)c1. The van der Waals surface area contributed by atoms with Gasteiger partial charge < -0.3 is 5.32 Å². The van der Waals surface area contributed by atoms with Crippen molar-refractivity contribution in [3.8, 4) is 0 Å². The summed E-state index contributed by atoms with van der Waals surface area (Å²) in [5, 5.41) is 13.4. The molecule has 0 aliphatic rings. The Kier molecular flexibility index (Phi) is 5.48. The number of hydrogen-bond acceptors (Lipinski definition) is 6. The maximum atomic E-state index is 11.8. The fourth-order valence-electron chi connectivity index (χ4n) is 1.97. The van der Waals surface area contributed by atoms with Gasteiger partial charge in [0.1, 0.15) is 4.88 Å². The van der Waals surface area contributed by atoms with Crippen molar-refractivity contribution in [1.29, 1.82) is 0 Å². The highest BCUT2D eigenvalue weighted by atomic mass is 32.1. The molecule has 0 aliphatic heterocycles. The summed E-state index contributed by atoms with van der Waals surface area (Å²) in [6.07, 6.45) is 0. The monoisotopic (exact) mass is 348 g/mol. The van der Waals surface area contributed by atoms with Gasteiger partial charge in [-0.2, -0.15) is 0 Å². The Morgan fingerprint density at radius 3 is 2.54 bits per heavy atom. The van der Waals surface area contributed by atoms with Crippen molar-refractivity contribution in [2.45, 2.75) is 13.8 Å². The van der Waals surface area contributed by atoms with Crippen molar-refractivity contribution in [2.75, 3.05) is 11.9 Å². The molecule has 0 saturated carbocycles. The zero-order chi connectivity index (χ0) is 17.7. The third-order valence-electron chi connectivity index (χ3n) is 3.13. The summed E-state index contributed by atoms with van der Waals surface area (Å²) >= 11 is 0.736. The third kappa shape index (κ3) is 4.53. The maximum Gasteiger partial charge on any atom is 0.324 e. The Balaban J connectivity index is 1.82. The van der Waals surface area contributed by atoms with Gasteiger partial charge in [0.05, 0.1) is 11.5 Å². The second-order valence-corrected chi connectivity index (χ2v) is 6.13. The maximum absolute atomic E-state index is 11.8. The third-order valence-corrected chi connectivity index (χ3v) is 4.17. The van der Waals surface area contributed by atoms with Crippen molar-refractivity contribution in [2.24, 2.45) is 0 Å². The quantitative estimate of drug-likeness (QED) is 0.566. The van der Waals surface area contributed by atoms with E-state index < -0.39 is 16.7 Å². The highest BCUT2D eigenvalue weighted by Crippen LogP contribution is 2.23. The number of nitrogens with one attached hydrogen (secondary N) is 3. The molecule has 0 spiro atoms. The highest BCUT2D eigenvalue weighted by molar-refractivity contribution is 7.17. The molecule has 2 aromatic rings. The predicted octanol–water partition coefficient (Wildman–Crippen LogP) is 2.15. The van der Waals surface area contributed by atoms with Crippen molar-refractivity contribution >= 4 is 33.8 Å². The predicted molar refractivity (Wildman–Crippen MR) is 91.0 cm³/mol. The smallest absolute Gasteiger partial charge is 0.324 e. The Hall–Kier alpha value is -2.94. The van der Waals surface area contributed by atoms with Crippen molar-refractivity contribution in [3.05, 3.63) is 56.5 Å². The molecule has 8 nitrogen and oxygen atoms in total. The molecular formula is C15H16N4O4S. The van der Waals surface area contributed by atoms with E-state index in [1.807, 2.05) is 32.0 Å². The average molecular weight is 348 g/mol. The molecule has 126 valence electrons. The van der Waals surface area contributed by atoms with Crippen LogP contribution < -0.4 is 16.2 Å². The van der Waals surface area contributed by atoms with Gasteiger partial charge in [-0.3, -0.25) is 30.6 Å². The zero-order valence-electron chi connectivity index (χ0n) is 13.1. The van der Waals surface area contributed by atoms with E-state index >= 15 is 0 Å². The van der Waals surface area contributed by atoms with Crippen LogP contribution >= 0.6 is 11.3 Å². The summed E-state index contributed by atoms with van der Waals surface area (Å²) in [6, 6.07) is 8.37. The van der Waals surface area contributed by atoms with Gasteiger partial charge in [0, 0.05) is 11.8 Å². The molecule has 0 bridgehead atoms. The minimum atomic E-state index is -0.604. The fraction of sp³-hybridized carbons (Fsp3) is 0.200. The number of hydrogen-bond donors (Lipinski definition) is 3. The Morgan fingerprint density at radius 2 is 1.92 bits per heavy atom. The van der Waals surface area contributed by atoms with Crippen LogP contribution in [-0.4, -0.2) is 23.3 Å². The van der Waals surface area contributed by atoms with Crippen LogP contribution in [0.5, 0.6) is 0 Å². The molecule has 0 fully saturated rings. The number of amides is 2. The number of carbonyl (C=O) groups excluding carboxylic acids is 2. The Morgan fingerprint density at radius 1 is 1.17 bits per heavy atom. The normalized spacial score (nSPS) is 10.1. The van der Waals surface area contributed by atoms with Crippen LogP contribution in [0.2, 0.25) is 0 Å². The summed E-state index contributed by atoms with van der Waals surface area (Å²) in [7, 11) is 0. The average Bonchev–Trinajstić information content (AvgIpc) is 3.02. The number of benzene rings is 1.